The fourth-order valence-corrected chi connectivity index (χ4v) is 3.75. The lowest BCUT2D eigenvalue weighted by atomic mass is 9.81. The van der Waals surface area contributed by atoms with Crippen molar-refractivity contribution >= 4 is 23.2 Å². The van der Waals surface area contributed by atoms with Crippen LogP contribution >= 0.6 is 0 Å². The van der Waals surface area contributed by atoms with Crippen molar-refractivity contribution in [1.82, 2.24) is 0 Å². The van der Waals surface area contributed by atoms with E-state index in [0.717, 1.165) is 49.9 Å². The monoisotopic (exact) mass is 378 g/mol. The molecule has 2 aromatic rings. The molecule has 4 heteroatoms. The summed E-state index contributed by atoms with van der Waals surface area (Å²) in [6, 6.07) is 16.0. The first-order valence-corrected chi connectivity index (χ1v) is 10.4. The summed E-state index contributed by atoms with van der Waals surface area (Å²) < 4.78 is 0. The van der Waals surface area contributed by atoms with Crippen LogP contribution in [0.3, 0.4) is 0 Å². The molecule has 0 saturated heterocycles. The van der Waals surface area contributed by atoms with Gasteiger partial charge in [0, 0.05) is 23.2 Å². The summed E-state index contributed by atoms with van der Waals surface area (Å²) >= 11 is 0. The van der Waals surface area contributed by atoms with Crippen LogP contribution in [0.5, 0.6) is 0 Å². The third-order valence-corrected chi connectivity index (χ3v) is 5.73. The number of rotatable bonds is 6. The number of aryl methyl sites for hydroxylation is 2. The van der Waals surface area contributed by atoms with Crippen LogP contribution in [0.1, 0.15) is 50.7 Å². The predicted molar refractivity (Wildman–Crippen MR) is 114 cm³/mol. The lowest BCUT2D eigenvalue weighted by Crippen LogP contribution is -2.32. The number of hydrogen-bond acceptors (Lipinski definition) is 2. The molecule has 3 rings (SSSR count). The van der Waals surface area contributed by atoms with Gasteiger partial charge in [-0.25, -0.2) is 0 Å². The molecule has 0 spiro atoms. The van der Waals surface area contributed by atoms with Crippen LogP contribution in [-0.2, 0) is 22.4 Å². The molecule has 0 atom stereocenters. The van der Waals surface area contributed by atoms with Gasteiger partial charge in [0.05, 0.1) is 0 Å². The molecule has 1 aliphatic carbocycles. The van der Waals surface area contributed by atoms with E-state index in [1.54, 1.807) is 0 Å². The first-order chi connectivity index (χ1) is 13.6. The molecular formula is C24H30N2O2. The highest BCUT2D eigenvalue weighted by molar-refractivity contribution is 5.94. The zero-order chi connectivity index (χ0) is 19.9. The van der Waals surface area contributed by atoms with E-state index >= 15 is 0 Å². The third kappa shape index (κ3) is 5.22. The Morgan fingerprint density at radius 2 is 1.00 bits per heavy atom. The van der Waals surface area contributed by atoms with Gasteiger partial charge in [0.2, 0.25) is 11.8 Å². The maximum atomic E-state index is 12.5. The molecule has 28 heavy (non-hydrogen) atoms. The largest absolute Gasteiger partial charge is 0.326 e. The molecule has 2 N–H and O–H groups in total. The van der Waals surface area contributed by atoms with Gasteiger partial charge in [-0.2, -0.15) is 0 Å². The van der Waals surface area contributed by atoms with Gasteiger partial charge in [-0.1, -0.05) is 38.1 Å². The van der Waals surface area contributed by atoms with E-state index in [4.69, 9.17) is 0 Å². The Balaban J connectivity index is 1.47. The lowest BCUT2D eigenvalue weighted by Gasteiger charge is -2.27. The van der Waals surface area contributed by atoms with E-state index in [9.17, 15) is 9.59 Å². The van der Waals surface area contributed by atoms with Gasteiger partial charge in [0.1, 0.15) is 0 Å². The van der Waals surface area contributed by atoms with Crippen LogP contribution in [0.25, 0.3) is 0 Å². The van der Waals surface area contributed by atoms with Crippen LogP contribution in [-0.4, -0.2) is 11.8 Å². The Kier molecular flexibility index (Phi) is 6.85. The zero-order valence-corrected chi connectivity index (χ0v) is 16.8. The number of nitrogens with one attached hydrogen (secondary N) is 2. The van der Waals surface area contributed by atoms with Gasteiger partial charge in [-0.05, 0) is 73.9 Å². The van der Waals surface area contributed by atoms with Crippen LogP contribution < -0.4 is 10.6 Å². The predicted octanol–water partition coefficient (Wildman–Crippen LogP) is 5.20. The SMILES string of the molecule is CCc1ccc(NC(=O)C2CCC(C(=O)Nc3ccc(CC)cc3)CC2)cc1. The van der Waals surface area contributed by atoms with Gasteiger partial charge in [0.15, 0.2) is 0 Å². The topological polar surface area (TPSA) is 58.2 Å². The van der Waals surface area contributed by atoms with E-state index in [0.29, 0.717) is 0 Å². The minimum Gasteiger partial charge on any atom is -0.326 e. The van der Waals surface area contributed by atoms with Gasteiger partial charge in [0.25, 0.3) is 0 Å². The second kappa shape index (κ2) is 9.54. The molecule has 4 nitrogen and oxygen atoms in total. The summed E-state index contributed by atoms with van der Waals surface area (Å²) in [5.74, 6) is 0.106. The third-order valence-electron chi connectivity index (χ3n) is 5.73. The summed E-state index contributed by atoms with van der Waals surface area (Å²) in [5.41, 5.74) is 4.21. The summed E-state index contributed by atoms with van der Waals surface area (Å²) in [7, 11) is 0. The smallest absolute Gasteiger partial charge is 0.227 e. The van der Waals surface area contributed by atoms with Crippen molar-refractivity contribution in [2.45, 2.75) is 52.4 Å². The Morgan fingerprint density at radius 3 is 1.29 bits per heavy atom. The molecule has 0 unspecified atom stereocenters. The minimum absolute atomic E-state index is 0.0151. The first kappa shape index (κ1) is 20.1. The number of carbonyl (C=O) groups excluding carboxylic acids is 2. The molecule has 1 saturated carbocycles. The molecule has 1 aliphatic rings. The van der Waals surface area contributed by atoms with Crippen LogP contribution in [0.15, 0.2) is 48.5 Å². The number of hydrogen-bond donors (Lipinski definition) is 2. The number of anilines is 2. The van der Waals surface area contributed by atoms with E-state index in [2.05, 4.69) is 24.5 Å². The van der Waals surface area contributed by atoms with E-state index in [1.165, 1.54) is 11.1 Å². The van der Waals surface area contributed by atoms with Gasteiger partial charge < -0.3 is 10.6 Å². The zero-order valence-electron chi connectivity index (χ0n) is 16.8. The Labute approximate surface area is 167 Å². The van der Waals surface area contributed by atoms with Crippen molar-refractivity contribution in [2.24, 2.45) is 11.8 Å². The van der Waals surface area contributed by atoms with Gasteiger partial charge in [-0.15, -0.1) is 0 Å². The Morgan fingerprint density at radius 1 is 0.679 bits per heavy atom. The molecule has 148 valence electrons. The lowest BCUT2D eigenvalue weighted by molar-refractivity contribution is -0.125. The van der Waals surface area contributed by atoms with Gasteiger partial charge >= 0.3 is 0 Å². The van der Waals surface area contributed by atoms with Crippen molar-refractivity contribution in [1.29, 1.82) is 0 Å². The van der Waals surface area contributed by atoms with Crippen molar-refractivity contribution in [3.63, 3.8) is 0 Å². The van der Waals surface area contributed by atoms with Crippen molar-refractivity contribution < 1.29 is 9.59 Å². The molecule has 1 fully saturated rings. The average molecular weight is 379 g/mol. The summed E-state index contributed by atoms with van der Waals surface area (Å²) in [4.78, 5) is 25.1. The van der Waals surface area contributed by atoms with E-state index in [-0.39, 0.29) is 23.7 Å². The van der Waals surface area contributed by atoms with Crippen LogP contribution in [0.4, 0.5) is 11.4 Å². The molecular weight excluding hydrogens is 348 g/mol. The summed E-state index contributed by atoms with van der Waals surface area (Å²) in [6.07, 6.45) is 5.00. The average Bonchev–Trinajstić information content (AvgIpc) is 2.75. The van der Waals surface area contributed by atoms with Crippen LogP contribution in [0, 0.1) is 11.8 Å². The first-order valence-electron chi connectivity index (χ1n) is 10.4. The fraction of sp³-hybridized carbons (Fsp3) is 0.417. The minimum atomic E-state index is -0.0151. The second-order valence-electron chi connectivity index (χ2n) is 7.63. The molecule has 0 bridgehead atoms. The molecule has 2 aromatic carbocycles. The standard InChI is InChI=1S/C24H30N2O2/c1-3-17-5-13-21(14-6-17)25-23(27)19-9-11-20(12-10-19)24(28)26-22-15-7-18(4-2)8-16-22/h5-8,13-16,19-20H,3-4,9-12H2,1-2H3,(H,25,27)(H,26,28). The fourth-order valence-electron chi connectivity index (χ4n) is 3.75. The van der Waals surface area contributed by atoms with Crippen molar-refractivity contribution in [3.05, 3.63) is 59.7 Å². The molecule has 0 heterocycles. The normalized spacial score (nSPS) is 19.1. The molecule has 0 aromatic heterocycles. The van der Waals surface area contributed by atoms with Crippen molar-refractivity contribution in [2.75, 3.05) is 10.6 Å². The maximum absolute atomic E-state index is 12.5. The van der Waals surface area contributed by atoms with E-state index < -0.39 is 0 Å². The number of carbonyl (C=O) groups is 2. The highest BCUT2D eigenvalue weighted by Gasteiger charge is 2.30. The summed E-state index contributed by atoms with van der Waals surface area (Å²) in [6.45, 7) is 4.23. The highest BCUT2D eigenvalue weighted by atomic mass is 16.2. The maximum Gasteiger partial charge on any atom is 0.227 e. The van der Waals surface area contributed by atoms with Crippen molar-refractivity contribution in [3.8, 4) is 0 Å². The Bertz CT molecular complexity index is 719. The molecule has 2 amide bonds. The van der Waals surface area contributed by atoms with Gasteiger partial charge in [-0.3, -0.25) is 9.59 Å². The molecule has 0 radical (unpaired) electrons. The number of benzene rings is 2. The quantitative estimate of drug-likeness (QED) is 0.726. The van der Waals surface area contributed by atoms with Crippen LogP contribution in [0.2, 0.25) is 0 Å². The summed E-state index contributed by atoms with van der Waals surface area (Å²) in [5, 5.41) is 6.04. The highest BCUT2D eigenvalue weighted by Crippen LogP contribution is 2.30. The molecule has 0 aliphatic heterocycles. The second-order valence-corrected chi connectivity index (χ2v) is 7.63. The van der Waals surface area contributed by atoms with E-state index in [1.807, 2.05) is 48.5 Å². The number of amides is 2. The Hall–Kier alpha value is -2.62.